The highest BCUT2D eigenvalue weighted by Gasteiger charge is 2.21. The molecule has 6 heteroatoms. The van der Waals surface area contributed by atoms with Crippen LogP contribution in [0.1, 0.15) is 10.4 Å². The van der Waals surface area contributed by atoms with Crippen LogP contribution in [0.3, 0.4) is 0 Å². The summed E-state index contributed by atoms with van der Waals surface area (Å²) in [6.07, 6.45) is 4.15. The molecule has 0 saturated heterocycles. The Balaban J connectivity index is 2.65. The lowest BCUT2D eigenvalue weighted by Crippen LogP contribution is -2.06. The second-order valence-corrected chi connectivity index (χ2v) is 5.15. The number of aromatic nitrogens is 2. The lowest BCUT2D eigenvalue weighted by atomic mass is 10.2. The number of rotatable bonds is 3. The van der Waals surface area contributed by atoms with Crippen molar-refractivity contribution in [1.82, 2.24) is 9.97 Å². The summed E-state index contributed by atoms with van der Waals surface area (Å²) in [6, 6.07) is 5.99. The Hall–Kier alpha value is -2.08. The topological polar surface area (TPSA) is 77.0 Å². The molecule has 86 valence electrons. The molecular weight excluding hydrogens is 240 g/mol. The molecule has 0 N–H and O–H groups in total. The minimum atomic E-state index is -3.74. The van der Waals surface area contributed by atoms with Crippen molar-refractivity contribution in [3.05, 3.63) is 48.5 Å². The van der Waals surface area contributed by atoms with Crippen molar-refractivity contribution in [3.63, 3.8) is 0 Å². The number of sulfone groups is 1. The van der Waals surface area contributed by atoms with Gasteiger partial charge in [0.05, 0.1) is 4.90 Å². The Labute approximate surface area is 98.1 Å². The van der Waals surface area contributed by atoms with E-state index in [-0.39, 0.29) is 15.4 Å². The summed E-state index contributed by atoms with van der Waals surface area (Å²) in [5, 5.41) is 0. The van der Waals surface area contributed by atoms with Crippen LogP contribution in [-0.2, 0) is 9.84 Å². The molecule has 1 aromatic heterocycles. The van der Waals surface area contributed by atoms with Crippen molar-refractivity contribution in [2.45, 2.75) is 9.79 Å². The monoisotopic (exact) mass is 248 g/mol. The van der Waals surface area contributed by atoms with Crippen molar-refractivity contribution in [1.29, 1.82) is 0 Å². The Morgan fingerprint density at radius 3 is 2.35 bits per heavy atom. The normalized spacial score (nSPS) is 11.1. The molecule has 1 aromatic carbocycles. The fraction of sp³-hybridized carbons (Fsp3) is 0. The van der Waals surface area contributed by atoms with Gasteiger partial charge in [0.2, 0.25) is 9.84 Å². The molecule has 0 aliphatic heterocycles. The van der Waals surface area contributed by atoms with Crippen molar-refractivity contribution in [2.75, 3.05) is 0 Å². The molecule has 0 bridgehead atoms. The van der Waals surface area contributed by atoms with Crippen molar-refractivity contribution in [3.8, 4) is 0 Å². The van der Waals surface area contributed by atoms with Crippen LogP contribution in [0.15, 0.2) is 52.8 Å². The molecule has 0 radical (unpaired) electrons. The van der Waals surface area contributed by atoms with Crippen molar-refractivity contribution < 1.29 is 13.2 Å². The van der Waals surface area contributed by atoms with Gasteiger partial charge in [-0.1, -0.05) is 18.2 Å². The number of carbonyl (C=O) groups excluding carboxylic acids is 1. The second kappa shape index (κ2) is 4.42. The van der Waals surface area contributed by atoms with Crippen LogP contribution in [-0.4, -0.2) is 24.7 Å². The highest BCUT2D eigenvalue weighted by molar-refractivity contribution is 7.91. The van der Waals surface area contributed by atoms with Gasteiger partial charge in [0.25, 0.3) is 0 Å². The number of hydrogen-bond donors (Lipinski definition) is 0. The standard InChI is InChI=1S/C11H8N2O3S/c14-7-9-3-1-2-4-11(9)17(15,16)10-5-12-8-13-6-10/h1-8H. The van der Waals surface area contributed by atoms with E-state index in [2.05, 4.69) is 9.97 Å². The number of nitrogens with zero attached hydrogens (tertiary/aromatic N) is 2. The van der Waals surface area contributed by atoms with Gasteiger partial charge in [0.15, 0.2) is 6.29 Å². The van der Waals surface area contributed by atoms with E-state index in [9.17, 15) is 13.2 Å². The Kier molecular flexibility index (Phi) is 2.97. The van der Waals surface area contributed by atoms with Crippen LogP contribution in [0.5, 0.6) is 0 Å². The molecule has 2 rings (SSSR count). The SMILES string of the molecule is O=Cc1ccccc1S(=O)(=O)c1cncnc1. The maximum Gasteiger partial charge on any atom is 0.210 e. The van der Waals surface area contributed by atoms with Gasteiger partial charge < -0.3 is 0 Å². The third-order valence-corrected chi connectivity index (χ3v) is 3.96. The van der Waals surface area contributed by atoms with Gasteiger partial charge in [-0.05, 0) is 6.07 Å². The van der Waals surface area contributed by atoms with Gasteiger partial charge in [0.1, 0.15) is 11.2 Å². The highest BCUT2D eigenvalue weighted by atomic mass is 32.2. The lowest BCUT2D eigenvalue weighted by Gasteiger charge is -2.05. The number of benzene rings is 1. The van der Waals surface area contributed by atoms with Crippen molar-refractivity contribution in [2.24, 2.45) is 0 Å². The summed E-state index contributed by atoms with van der Waals surface area (Å²) >= 11 is 0. The molecule has 0 atom stereocenters. The average molecular weight is 248 g/mol. The first-order valence-electron chi connectivity index (χ1n) is 4.70. The molecule has 0 saturated carbocycles. The Bertz CT molecular complexity index is 639. The van der Waals surface area contributed by atoms with Crippen LogP contribution < -0.4 is 0 Å². The van der Waals surface area contributed by atoms with Crippen molar-refractivity contribution >= 4 is 16.1 Å². The lowest BCUT2D eigenvalue weighted by molar-refractivity contribution is 0.112. The van der Waals surface area contributed by atoms with E-state index in [4.69, 9.17) is 0 Å². The smallest absolute Gasteiger partial charge is 0.210 e. The fourth-order valence-electron chi connectivity index (χ4n) is 1.37. The number of aldehydes is 1. The maximum atomic E-state index is 12.2. The minimum absolute atomic E-state index is 0.0331. The number of carbonyl (C=O) groups is 1. The van der Waals surface area contributed by atoms with E-state index in [0.29, 0.717) is 6.29 Å². The van der Waals surface area contributed by atoms with E-state index in [0.717, 1.165) is 0 Å². The molecule has 0 fully saturated rings. The minimum Gasteiger partial charge on any atom is -0.298 e. The van der Waals surface area contributed by atoms with Gasteiger partial charge in [0, 0.05) is 18.0 Å². The molecule has 5 nitrogen and oxygen atoms in total. The molecule has 17 heavy (non-hydrogen) atoms. The van der Waals surface area contributed by atoms with Crippen LogP contribution in [0.2, 0.25) is 0 Å². The summed E-state index contributed by atoms with van der Waals surface area (Å²) in [5.41, 5.74) is 0.122. The largest absolute Gasteiger partial charge is 0.298 e. The first-order valence-corrected chi connectivity index (χ1v) is 6.19. The van der Waals surface area contributed by atoms with E-state index in [1.165, 1.54) is 30.9 Å². The average Bonchev–Trinajstić information content (AvgIpc) is 2.39. The van der Waals surface area contributed by atoms with Crippen LogP contribution in [0.4, 0.5) is 0 Å². The molecule has 1 heterocycles. The molecular formula is C11H8N2O3S. The first kappa shape index (κ1) is 11.4. The molecule has 0 amide bonds. The summed E-state index contributed by atoms with van der Waals surface area (Å²) in [6.45, 7) is 0. The molecule has 2 aromatic rings. The zero-order chi connectivity index (χ0) is 12.3. The molecule has 0 unspecified atom stereocenters. The van der Waals surface area contributed by atoms with Gasteiger partial charge in [-0.15, -0.1) is 0 Å². The maximum absolute atomic E-state index is 12.2. The van der Waals surface area contributed by atoms with E-state index in [1.54, 1.807) is 12.1 Å². The third-order valence-electron chi connectivity index (χ3n) is 2.18. The molecule has 0 aliphatic carbocycles. The zero-order valence-corrected chi connectivity index (χ0v) is 9.46. The molecule has 0 aliphatic rings. The predicted molar refractivity (Wildman–Crippen MR) is 59.3 cm³/mol. The van der Waals surface area contributed by atoms with Gasteiger partial charge in [-0.3, -0.25) is 4.79 Å². The zero-order valence-electron chi connectivity index (χ0n) is 8.65. The van der Waals surface area contributed by atoms with Gasteiger partial charge in [-0.25, -0.2) is 18.4 Å². The van der Waals surface area contributed by atoms with Crippen LogP contribution >= 0.6 is 0 Å². The quantitative estimate of drug-likeness (QED) is 0.761. The highest BCUT2D eigenvalue weighted by Crippen LogP contribution is 2.21. The Morgan fingerprint density at radius 1 is 1.06 bits per heavy atom. The predicted octanol–water partition coefficient (Wildman–Crippen LogP) is 1.12. The van der Waals surface area contributed by atoms with Gasteiger partial charge in [-0.2, -0.15) is 0 Å². The van der Waals surface area contributed by atoms with E-state index < -0.39 is 9.84 Å². The van der Waals surface area contributed by atoms with Crippen LogP contribution in [0, 0.1) is 0 Å². The summed E-state index contributed by atoms with van der Waals surface area (Å²) in [7, 11) is -3.74. The number of hydrogen-bond acceptors (Lipinski definition) is 5. The summed E-state index contributed by atoms with van der Waals surface area (Å²) in [4.78, 5) is 18.0. The first-order chi connectivity index (χ1) is 8.16. The molecule has 0 spiro atoms. The Morgan fingerprint density at radius 2 is 1.71 bits per heavy atom. The van der Waals surface area contributed by atoms with Crippen LogP contribution in [0.25, 0.3) is 0 Å². The van der Waals surface area contributed by atoms with E-state index in [1.807, 2.05) is 0 Å². The summed E-state index contributed by atoms with van der Waals surface area (Å²) < 4.78 is 24.3. The second-order valence-electron chi connectivity index (χ2n) is 3.23. The summed E-state index contributed by atoms with van der Waals surface area (Å²) in [5.74, 6) is 0. The van der Waals surface area contributed by atoms with Gasteiger partial charge >= 0.3 is 0 Å². The fourth-order valence-corrected chi connectivity index (χ4v) is 2.71. The van der Waals surface area contributed by atoms with E-state index >= 15 is 0 Å². The third kappa shape index (κ3) is 2.07.